The van der Waals surface area contributed by atoms with Gasteiger partial charge < -0.3 is 15.0 Å². The Morgan fingerprint density at radius 3 is 2.87 bits per heavy atom. The SMILES string of the molecule is COc1ccc(Cl)cc1CC(=O)N1CCC(N2CCNCC2)C1. The molecule has 0 bridgehead atoms. The van der Waals surface area contributed by atoms with Gasteiger partial charge in [0, 0.05) is 55.9 Å². The van der Waals surface area contributed by atoms with Gasteiger partial charge in [-0.1, -0.05) is 11.6 Å². The third-order valence-corrected chi connectivity index (χ3v) is 5.00. The van der Waals surface area contributed by atoms with Gasteiger partial charge in [0.1, 0.15) is 5.75 Å². The smallest absolute Gasteiger partial charge is 0.227 e. The second-order valence-electron chi connectivity index (χ2n) is 6.20. The number of benzene rings is 1. The van der Waals surface area contributed by atoms with Crippen LogP contribution in [0.25, 0.3) is 0 Å². The number of ether oxygens (including phenoxy) is 1. The monoisotopic (exact) mass is 337 g/mol. The summed E-state index contributed by atoms with van der Waals surface area (Å²) in [5, 5.41) is 4.01. The number of nitrogens with one attached hydrogen (secondary N) is 1. The number of halogens is 1. The summed E-state index contributed by atoms with van der Waals surface area (Å²) in [6.45, 7) is 5.93. The fourth-order valence-corrected chi connectivity index (χ4v) is 3.67. The number of amides is 1. The number of methoxy groups -OCH3 is 1. The van der Waals surface area contributed by atoms with E-state index in [4.69, 9.17) is 16.3 Å². The number of likely N-dealkylation sites (tertiary alicyclic amines) is 1. The third kappa shape index (κ3) is 3.97. The Bertz CT molecular complexity index is 561. The summed E-state index contributed by atoms with van der Waals surface area (Å²) in [5.41, 5.74) is 0.857. The fraction of sp³-hybridized carbons (Fsp3) is 0.588. The molecule has 5 nitrogen and oxygen atoms in total. The first-order chi connectivity index (χ1) is 11.2. The second kappa shape index (κ2) is 7.51. The van der Waals surface area contributed by atoms with Gasteiger partial charge in [0.2, 0.25) is 5.91 Å². The zero-order valence-corrected chi connectivity index (χ0v) is 14.3. The van der Waals surface area contributed by atoms with Gasteiger partial charge in [-0.15, -0.1) is 0 Å². The van der Waals surface area contributed by atoms with Gasteiger partial charge in [-0.05, 0) is 24.6 Å². The Labute approximate surface area is 142 Å². The highest BCUT2D eigenvalue weighted by Crippen LogP contribution is 2.24. The minimum Gasteiger partial charge on any atom is -0.496 e. The van der Waals surface area contributed by atoms with Crippen LogP contribution in [0.5, 0.6) is 5.75 Å². The lowest BCUT2D eigenvalue weighted by Crippen LogP contribution is -2.49. The van der Waals surface area contributed by atoms with E-state index >= 15 is 0 Å². The largest absolute Gasteiger partial charge is 0.496 e. The van der Waals surface area contributed by atoms with E-state index in [1.807, 2.05) is 17.0 Å². The molecular weight excluding hydrogens is 314 g/mol. The van der Waals surface area contributed by atoms with Gasteiger partial charge in [0.25, 0.3) is 0 Å². The lowest BCUT2D eigenvalue weighted by atomic mass is 10.1. The van der Waals surface area contributed by atoms with Crippen molar-refractivity contribution in [3.63, 3.8) is 0 Å². The quantitative estimate of drug-likeness (QED) is 0.902. The maximum absolute atomic E-state index is 12.6. The highest BCUT2D eigenvalue weighted by atomic mass is 35.5. The zero-order chi connectivity index (χ0) is 16.2. The van der Waals surface area contributed by atoms with Crippen LogP contribution in [0.15, 0.2) is 18.2 Å². The van der Waals surface area contributed by atoms with Gasteiger partial charge >= 0.3 is 0 Å². The minimum absolute atomic E-state index is 0.156. The molecule has 1 atom stereocenters. The number of piperazine rings is 1. The fourth-order valence-electron chi connectivity index (χ4n) is 3.47. The van der Waals surface area contributed by atoms with E-state index in [0.29, 0.717) is 17.5 Å². The van der Waals surface area contributed by atoms with E-state index in [9.17, 15) is 4.79 Å². The molecule has 1 aromatic rings. The van der Waals surface area contributed by atoms with Crippen LogP contribution in [0.2, 0.25) is 5.02 Å². The summed E-state index contributed by atoms with van der Waals surface area (Å²) in [4.78, 5) is 17.1. The van der Waals surface area contributed by atoms with Crippen molar-refractivity contribution in [2.75, 3.05) is 46.4 Å². The first-order valence-corrected chi connectivity index (χ1v) is 8.60. The van der Waals surface area contributed by atoms with E-state index < -0.39 is 0 Å². The van der Waals surface area contributed by atoms with Gasteiger partial charge in [0.05, 0.1) is 13.5 Å². The standard InChI is InChI=1S/C17H24ClN3O2/c1-23-16-3-2-14(18)10-13(16)11-17(22)21-7-4-15(12-21)20-8-5-19-6-9-20/h2-3,10,15,19H,4-9,11-12H2,1H3. The van der Waals surface area contributed by atoms with Crippen LogP contribution in [-0.2, 0) is 11.2 Å². The molecule has 0 spiro atoms. The Hall–Kier alpha value is -1.30. The Balaban J connectivity index is 1.60. The number of hydrogen-bond acceptors (Lipinski definition) is 4. The molecule has 0 saturated carbocycles. The van der Waals surface area contributed by atoms with Crippen LogP contribution < -0.4 is 10.1 Å². The van der Waals surface area contributed by atoms with Crippen molar-refractivity contribution < 1.29 is 9.53 Å². The first-order valence-electron chi connectivity index (χ1n) is 8.22. The van der Waals surface area contributed by atoms with Crippen LogP contribution in [-0.4, -0.2) is 68.1 Å². The van der Waals surface area contributed by atoms with Crippen molar-refractivity contribution in [3.8, 4) is 5.75 Å². The van der Waals surface area contributed by atoms with Gasteiger partial charge in [-0.3, -0.25) is 9.69 Å². The Morgan fingerprint density at radius 2 is 2.13 bits per heavy atom. The first kappa shape index (κ1) is 16.6. The number of rotatable bonds is 4. The summed E-state index contributed by atoms with van der Waals surface area (Å²) >= 11 is 6.05. The van der Waals surface area contributed by atoms with E-state index in [1.54, 1.807) is 13.2 Å². The molecule has 3 rings (SSSR count). The average molecular weight is 338 g/mol. The van der Waals surface area contributed by atoms with Crippen LogP contribution in [0, 0.1) is 0 Å². The van der Waals surface area contributed by atoms with Crippen LogP contribution >= 0.6 is 11.6 Å². The molecule has 1 aromatic carbocycles. The molecular formula is C17H24ClN3O2. The highest BCUT2D eigenvalue weighted by Gasteiger charge is 2.31. The van der Waals surface area contributed by atoms with E-state index in [2.05, 4.69) is 10.2 Å². The minimum atomic E-state index is 0.156. The maximum Gasteiger partial charge on any atom is 0.227 e. The normalized spacial score (nSPS) is 22.3. The molecule has 2 fully saturated rings. The Kier molecular flexibility index (Phi) is 5.41. The van der Waals surface area contributed by atoms with Gasteiger partial charge in [-0.2, -0.15) is 0 Å². The van der Waals surface area contributed by atoms with Crippen molar-refractivity contribution in [1.82, 2.24) is 15.1 Å². The topological polar surface area (TPSA) is 44.8 Å². The molecule has 6 heteroatoms. The second-order valence-corrected chi connectivity index (χ2v) is 6.64. The van der Waals surface area contributed by atoms with Crippen molar-refractivity contribution in [2.24, 2.45) is 0 Å². The van der Waals surface area contributed by atoms with Crippen LogP contribution in [0.1, 0.15) is 12.0 Å². The van der Waals surface area contributed by atoms with E-state index in [1.165, 1.54) is 0 Å². The van der Waals surface area contributed by atoms with Crippen LogP contribution in [0.4, 0.5) is 0 Å². The molecule has 0 aromatic heterocycles. The van der Waals surface area contributed by atoms with Crippen molar-refractivity contribution in [3.05, 3.63) is 28.8 Å². The molecule has 0 aliphatic carbocycles. The lowest BCUT2D eigenvalue weighted by molar-refractivity contribution is -0.129. The van der Waals surface area contributed by atoms with E-state index in [0.717, 1.165) is 57.0 Å². The molecule has 1 N–H and O–H groups in total. The molecule has 23 heavy (non-hydrogen) atoms. The predicted molar refractivity (Wildman–Crippen MR) is 91.1 cm³/mol. The zero-order valence-electron chi connectivity index (χ0n) is 13.6. The van der Waals surface area contributed by atoms with Gasteiger partial charge in [0.15, 0.2) is 0 Å². The Morgan fingerprint density at radius 1 is 1.35 bits per heavy atom. The highest BCUT2D eigenvalue weighted by molar-refractivity contribution is 6.30. The summed E-state index contributed by atoms with van der Waals surface area (Å²) < 4.78 is 5.34. The van der Waals surface area contributed by atoms with Crippen LogP contribution in [0.3, 0.4) is 0 Å². The average Bonchev–Trinajstić information content (AvgIpc) is 3.06. The molecule has 2 aliphatic rings. The molecule has 2 saturated heterocycles. The summed E-state index contributed by atoms with van der Waals surface area (Å²) in [6, 6.07) is 5.92. The third-order valence-electron chi connectivity index (χ3n) is 4.77. The summed E-state index contributed by atoms with van der Waals surface area (Å²) in [7, 11) is 1.62. The number of hydrogen-bond donors (Lipinski definition) is 1. The molecule has 2 aliphatic heterocycles. The number of carbonyl (C=O) groups is 1. The van der Waals surface area contributed by atoms with Crippen molar-refractivity contribution in [1.29, 1.82) is 0 Å². The number of nitrogens with zero attached hydrogens (tertiary/aromatic N) is 2. The molecule has 126 valence electrons. The number of carbonyl (C=O) groups excluding carboxylic acids is 1. The van der Waals surface area contributed by atoms with Crippen molar-refractivity contribution >= 4 is 17.5 Å². The molecule has 1 unspecified atom stereocenters. The lowest BCUT2D eigenvalue weighted by Gasteiger charge is -2.32. The molecule has 0 radical (unpaired) electrons. The van der Waals surface area contributed by atoms with Gasteiger partial charge in [-0.25, -0.2) is 0 Å². The predicted octanol–water partition coefficient (Wildman–Crippen LogP) is 1.40. The summed E-state index contributed by atoms with van der Waals surface area (Å²) in [6.07, 6.45) is 1.41. The van der Waals surface area contributed by atoms with E-state index in [-0.39, 0.29) is 5.91 Å². The summed E-state index contributed by atoms with van der Waals surface area (Å²) in [5.74, 6) is 0.879. The maximum atomic E-state index is 12.6. The molecule has 2 heterocycles. The van der Waals surface area contributed by atoms with Crippen molar-refractivity contribution in [2.45, 2.75) is 18.9 Å². The molecule has 1 amide bonds.